The number of cyclic esters (lactones) is 1. The Bertz CT molecular complexity index is 463. The molecular formula is C15H16O2. The number of benzene rings is 1. The Balaban J connectivity index is 2.03. The minimum Gasteiger partial charge on any atom is -0.454 e. The van der Waals surface area contributed by atoms with Crippen LogP contribution in [0.4, 0.5) is 0 Å². The zero-order chi connectivity index (χ0) is 11.9. The highest BCUT2D eigenvalue weighted by molar-refractivity contribution is 5.77. The molecule has 0 radical (unpaired) electrons. The highest BCUT2D eigenvalue weighted by Gasteiger charge is 2.53. The van der Waals surface area contributed by atoms with Gasteiger partial charge in [-0.3, -0.25) is 4.79 Å². The van der Waals surface area contributed by atoms with Crippen molar-refractivity contribution in [1.82, 2.24) is 0 Å². The van der Waals surface area contributed by atoms with Crippen molar-refractivity contribution >= 4 is 5.97 Å². The predicted molar refractivity (Wildman–Crippen MR) is 65.2 cm³/mol. The molecule has 0 aromatic heterocycles. The Labute approximate surface area is 101 Å². The number of esters is 1. The topological polar surface area (TPSA) is 26.3 Å². The van der Waals surface area contributed by atoms with Crippen molar-refractivity contribution in [3.05, 3.63) is 48.0 Å². The molecule has 1 fully saturated rings. The molecule has 1 heterocycles. The largest absolute Gasteiger partial charge is 0.454 e. The molecule has 3 rings (SSSR count). The first-order valence-corrected chi connectivity index (χ1v) is 6.15. The maximum atomic E-state index is 11.9. The van der Waals surface area contributed by atoms with Gasteiger partial charge in [0.1, 0.15) is 5.60 Å². The van der Waals surface area contributed by atoms with Crippen molar-refractivity contribution in [3.63, 3.8) is 0 Å². The Hall–Kier alpha value is -1.57. The normalized spacial score (nSPS) is 35.5. The molecule has 0 bridgehead atoms. The van der Waals surface area contributed by atoms with Gasteiger partial charge in [-0.2, -0.15) is 0 Å². The number of rotatable bonds is 1. The van der Waals surface area contributed by atoms with Crippen LogP contribution in [0.25, 0.3) is 0 Å². The number of allylic oxidation sites excluding steroid dienone is 2. The second kappa shape index (κ2) is 3.73. The highest BCUT2D eigenvalue weighted by Crippen LogP contribution is 2.49. The standard InChI is InChI=1S/C15H16O2/c1-15(11-7-3-2-4-8-11)13-10-6-5-9-12(13)14(16)17-15/h2-8,12-13H,9-10H2,1H3/t12-,13+,15-/m0/s1. The number of hydrogen-bond acceptors (Lipinski definition) is 2. The summed E-state index contributed by atoms with van der Waals surface area (Å²) in [6, 6.07) is 10.1. The number of carbonyl (C=O) groups is 1. The Morgan fingerprint density at radius 2 is 1.88 bits per heavy atom. The third kappa shape index (κ3) is 1.51. The molecular weight excluding hydrogens is 212 g/mol. The smallest absolute Gasteiger partial charge is 0.310 e. The summed E-state index contributed by atoms with van der Waals surface area (Å²) in [7, 11) is 0. The van der Waals surface area contributed by atoms with Crippen LogP contribution in [-0.2, 0) is 15.1 Å². The van der Waals surface area contributed by atoms with Crippen LogP contribution < -0.4 is 0 Å². The summed E-state index contributed by atoms with van der Waals surface area (Å²) >= 11 is 0. The van der Waals surface area contributed by atoms with Crippen molar-refractivity contribution in [1.29, 1.82) is 0 Å². The van der Waals surface area contributed by atoms with Crippen LogP contribution in [0.3, 0.4) is 0 Å². The van der Waals surface area contributed by atoms with E-state index in [2.05, 4.69) is 12.2 Å². The Morgan fingerprint density at radius 1 is 1.18 bits per heavy atom. The van der Waals surface area contributed by atoms with Gasteiger partial charge in [0.15, 0.2) is 0 Å². The molecule has 2 heteroatoms. The van der Waals surface area contributed by atoms with E-state index in [1.165, 1.54) is 0 Å². The summed E-state index contributed by atoms with van der Waals surface area (Å²) in [5, 5.41) is 0. The molecule has 1 saturated heterocycles. The second-order valence-electron chi connectivity index (χ2n) is 5.05. The lowest BCUT2D eigenvalue weighted by atomic mass is 9.73. The van der Waals surface area contributed by atoms with Gasteiger partial charge in [0.2, 0.25) is 0 Å². The summed E-state index contributed by atoms with van der Waals surface area (Å²) < 4.78 is 5.70. The quantitative estimate of drug-likeness (QED) is 0.545. The summed E-state index contributed by atoms with van der Waals surface area (Å²) in [4.78, 5) is 11.9. The number of ether oxygens (including phenoxy) is 1. The van der Waals surface area contributed by atoms with E-state index < -0.39 is 5.60 Å². The molecule has 3 atom stereocenters. The lowest BCUT2D eigenvalue weighted by Gasteiger charge is -2.32. The Morgan fingerprint density at radius 3 is 2.65 bits per heavy atom. The minimum atomic E-state index is -0.451. The van der Waals surface area contributed by atoms with Crippen LogP contribution in [-0.4, -0.2) is 5.97 Å². The molecule has 1 aliphatic heterocycles. The fraction of sp³-hybridized carbons (Fsp3) is 0.400. The molecule has 88 valence electrons. The van der Waals surface area contributed by atoms with E-state index in [1.54, 1.807) is 0 Å². The monoisotopic (exact) mass is 228 g/mol. The maximum Gasteiger partial charge on any atom is 0.310 e. The molecule has 0 saturated carbocycles. The molecule has 1 aliphatic carbocycles. The first-order chi connectivity index (χ1) is 8.22. The predicted octanol–water partition coefficient (Wildman–Crippen LogP) is 3.04. The minimum absolute atomic E-state index is 0.0364. The summed E-state index contributed by atoms with van der Waals surface area (Å²) in [6.45, 7) is 2.05. The van der Waals surface area contributed by atoms with Crippen molar-refractivity contribution in [2.45, 2.75) is 25.4 Å². The summed E-state index contributed by atoms with van der Waals surface area (Å²) in [5.41, 5.74) is 0.657. The van der Waals surface area contributed by atoms with Gasteiger partial charge >= 0.3 is 5.97 Å². The maximum absolute atomic E-state index is 11.9. The van der Waals surface area contributed by atoms with Crippen LogP contribution in [0.1, 0.15) is 25.3 Å². The van der Waals surface area contributed by atoms with Gasteiger partial charge in [0.25, 0.3) is 0 Å². The highest BCUT2D eigenvalue weighted by atomic mass is 16.6. The van der Waals surface area contributed by atoms with Gasteiger partial charge in [-0.05, 0) is 25.3 Å². The molecule has 0 unspecified atom stereocenters. The number of hydrogen-bond donors (Lipinski definition) is 0. The van der Waals surface area contributed by atoms with E-state index in [1.807, 2.05) is 37.3 Å². The van der Waals surface area contributed by atoms with E-state index in [0.29, 0.717) is 0 Å². The second-order valence-corrected chi connectivity index (χ2v) is 5.05. The average Bonchev–Trinajstić information content (AvgIpc) is 2.65. The van der Waals surface area contributed by atoms with Crippen LogP contribution in [0.5, 0.6) is 0 Å². The zero-order valence-corrected chi connectivity index (χ0v) is 9.93. The van der Waals surface area contributed by atoms with Crippen LogP contribution in [0, 0.1) is 11.8 Å². The van der Waals surface area contributed by atoms with Gasteiger partial charge in [-0.15, -0.1) is 0 Å². The van der Waals surface area contributed by atoms with Crippen molar-refractivity contribution < 1.29 is 9.53 Å². The third-order valence-electron chi connectivity index (χ3n) is 4.10. The summed E-state index contributed by atoms with van der Waals surface area (Å²) in [6.07, 6.45) is 6.03. The van der Waals surface area contributed by atoms with Crippen molar-refractivity contribution in [2.24, 2.45) is 11.8 Å². The van der Waals surface area contributed by atoms with Gasteiger partial charge in [-0.25, -0.2) is 0 Å². The Kier molecular flexibility index (Phi) is 2.32. The van der Waals surface area contributed by atoms with Crippen LogP contribution in [0.2, 0.25) is 0 Å². The van der Waals surface area contributed by atoms with Gasteiger partial charge in [0.05, 0.1) is 5.92 Å². The lowest BCUT2D eigenvalue weighted by Crippen LogP contribution is -2.31. The fourth-order valence-corrected chi connectivity index (χ4v) is 3.09. The first kappa shape index (κ1) is 10.6. The number of fused-ring (bicyclic) bond motifs is 1. The van der Waals surface area contributed by atoms with Crippen molar-refractivity contribution in [2.75, 3.05) is 0 Å². The number of carbonyl (C=O) groups excluding carboxylic acids is 1. The fourth-order valence-electron chi connectivity index (χ4n) is 3.09. The zero-order valence-electron chi connectivity index (χ0n) is 9.93. The van der Waals surface area contributed by atoms with E-state index in [4.69, 9.17) is 4.74 Å². The van der Waals surface area contributed by atoms with Crippen LogP contribution in [0.15, 0.2) is 42.5 Å². The SMILES string of the molecule is C[C@@]1(c2ccccc2)OC(=O)[C@H]2CC=CC[C@H]21. The van der Waals surface area contributed by atoms with Crippen molar-refractivity contribution in [3.8, 4) is 0 Å². The first-order valence-electron chi connectivity index (χ1n) is 6.15. The van der Waals surface area contributed by atoms with E-state index in [0.717, 1.165) is 18.4 Å². The van der Waals surface area contributed by atoms with E-state index in [-0.39, 0.29) is 17.8 Å². The molecule has 2 nitrogen and oxygen atoms in total. The van der Waals surface area contributed by atoms with Gasteiger partial charge in [0, 0.05) is 5.92 Å². The molecule has 0 spiro atoms. The molecule has 0 N–H and O–H groups in total. The molecule has 1 aromatic rings. The average molecular weight is 228 g/mol. The van der Waals surface area contributed by atoms with E-state index >= 15 is 0 Å². The molecule has 17 heavy (non-hydrogen) atoms. The lowest BCUT2D eigenvalue weighted by molar-refractivity contribution is -0.150. The van der Waals surface area contributed by atoms with Gasteiger partial charge in [-0.1, -0.05) is 42.5 Å². The van der Waals surface area contributed by atoms with Crippen LogP contribution >= 0.6 is 0 Å². The summed E-state index contributed by atoms with van der Waals surface area (Å²) in [5.74, 6) is 0.290. The molecule has 0 amide bonds. The van der Waals surface area contributed by atoms with E-state index in [9.17, 15) is 4.79 Å². The molecule has 1 aromatic carbocycles. The molecule has 2 aliphatic rings. The third-order valence-corrected chi connectivity index (χ3v) is 4.10. The van der Waals surface area contributed by atoms with Gasteiger partial charge < -0.3 is 4.74 Å².